The van der Waals surface area contributed by atoms with E-state index in [1.165, 1.54) is 7.11 Å². The van der Waals surface area contributed by atoms with Gasteiger partial charge in [-0.15, -0.1) is 0 Å². The van der Waals surface area contributed by atoms with Crippen molar-refractivity contribution in [2.45, 2.75) is 19.5 Å². The highest BCUT2D eigenvalue weighted by Crippen LogP contribution is 2.30. The number of hydrogen-bond acceptors (Lipinski definition) is 4. The van der Waals surface area contributed by atoms with Gasteiger partial charge in [-0.2, -0.15) is 13.2 Å². The van der Waals surface area contributed by atoms with E-state index >= 15 is 0 Å². The Morgan fingerprint density at radius 2 is 2.16 bits per heavy atom. The number of carbonyl (C=O) groups is 1. The number of aromatic nitrogens is 1. The lowest BCUT2D eigenvalue weighted by Gasteiger charge is -2.22. The molecule has 0 unspecified atom stereocenters. The molecule has 0 radical (unpaired) electrons. The average Bonchev–Trinajstić information content (AvgIpc) is 2.38. The van der Waals surface area contributed by atoms with Crippen LogP contribution in [0.25, 0.3) is 0 Å². The van der Waals surface area contributed by atoms with Crippen molar-refractivity contribution in [2.24, 2.45) is 0 Å². The van der Waals surface area contributed by atoms with Crippen LogP contribution >= 0.6 is 0 Å². The molecule has 7 heteroatoms. The third-order valence-electron chi connectivity index (χ3n) is 2.59. The molecule has 0 saturated carbocycles. The Bertz CT molecular complexity index is 435. The Kier molecular flexibility index (Phi) is 5.14. The summed E-state index contributed by atoms with van der Waals surface area (Å²) in [5.41, 5.74) is -0.756. The van der Waals surface area contributed by atoms with Crippen LogP contribution in [-0.4, -0.2) is 31.2 Å². The molecule has 0 bridgehead atoms. The Balaban J connectivity index is 2.84. The van der Waals surface area contributed by atoms with Gasteiger partial charge in [-0.05, 0) is 19.1 Å². The number of nitrogens with zero attached hydrogens (tertiary/aromatic N) is 2. The van der Waals surface area contributed by atoms with Crippen LogP contribution in [0.15, 0.2) is 18.3 Å². The molecule has 0 aromatic carbocycles. The maximum atomic E-state index is 12.6. The van der Waals surface area contributed by atoms with E-state index in [4.69, 9.17) is 0 Å². The molecule has 0 spiro atoms. The number of ether oxygens (including phenoxy) is 1. The monoisotopic (exact) mass is 276 g/mol. The highest BCUT2D eigenvalue weighted by molar-refractivity contribution is 5.69. The number of alkyl halides is 3. The number of pyridine rings is 1. The first-order valence-electron chi connectivity index (χ1n) is 5.73. The summed E-state index contributed by atoms with van der Waals surface area (Å²) in [7, 11) is 1.27. The fourth-order valence-electron chi connectivity index (χ4n) is 1.53. The van der Waals surface area contributed by atoms with Crippen molar-refractivity contribution in [3.8, 4) is 0 Å². The van der Waals surface area contributed by atoms with Crippen LogP contribution in [0.5, 0.6) is 0 Å². The molecule has 0 aliphatic heterocycles. The zero-order chi connectivity index (χ0) is 14.5. The molecule has 106 valence electrons. The molecular formula is C12H15F3N2O2. The third-order valence-corrected chi connectivity index (χ3v) is 2.59. The van der Waals surface area contributed by atoms with Gasteiger partial charge in [0, 0.05) is 19.3 Å². The van der Waals surface area contributed by atoms with Crippen LogP contribution in [0, 0.1) is 0 Å². The zero-order valence-electron chi connectivity index (χ0n) is 10.7. The first kappa shape index (κ1) is 15.3. The van der Waals surface area contributed by atoms with Crippen LogP contribution in [0.3, 0.4) is 0 Å². The van der Waals surface area contributed by atoms with Gasteiger partial charge in [-0.1, -0.05) is 0 Å². The molecule has 1 rings (SSSR count). The average molecular weight is 276 g/mol. The lowest BCUT2D eigenvalue weighted by Crippen LogP contribution is -2.27. The van der Waals surface area contributed by atoms with Crippen LogP contribution in [0.4, 0.5) is 19.0 Å². The summed E-state index contributed by atoms with van der Waals surface area (Å²) in [5, 5.41) is 0. The van der Waals surface area contributed by atoms with Crippen molar-refractivity contribution in [3.63, 3.8) is 0 Å². The maximum absolute atomic E-state index is 12.6. The fourth-order valence-corrected chi connectivity index (χ4v) is 1.53. The van der Waals surface area contributed by atoms with Crippen molar-refractivity contribution >= 4 is 11.8 Å². The Hall–Kier alpha value is -1.79. The molecule has 1 heterocycles. The molecule has 0 atom stereocenters. The summed E-state index contributed by atoms with van der Waals surface area (Å²) in [4.78, 5) is 16.5. The van der Waals surface area contributed by atoms with E-state index < -0.39 is 17.7 Å². The van der Waals surface area contributed by atoms with Crippen molar-refractivity contribution in [1.29, 1.82) is 0 Å². The van der Waals surface area contributed by atoms with E-state index in [0.717, 1.165) is 18.3 Å². The molecule has 0 aliphatic carbocycles. The second kappa shape index (κ2) is 6.40. The predicted octanol–water partition coefficient (Wildman–Crippen LogP) is 2.49. The second-order valence-electron chi connectivity index (χ2n) is 3.81. The van der Waals surface area contributed by atoms with Gasteiger partial charge < -0.3 is 9.64 Å². The van der Waals surface area contributed by atoms with Crippen molar-refractivity contribution < 1.29 is 22.7 Å². The predicted molar refractivity (Wildman–Crippen MR) is 63.8 cm³/mol. The van der Waals surface area contributed by atoms with E-state index in [-0.39, 0.29) is 18.8 Å². The minimum absolute atomic E-state index is 0.0995. The van der Waals surface area contributed by atoms with Gasteiger partial charge in [-0.3, -0.25) is 4.79 Å². The van der Waals surface area contributed by atoms with Gasteiger partial charge in [0.15, 0.2) is 0 Å². The van der Waals surface area contributed by atoms with Crippen LogP contribution < -0.4 is 4.90 Å². The van der Waals surface area contributed by atoms with Crippen LogP contribution in [-0.2, 0) is 15.7 Å². The van der Waals surface area contributed by atoms with Crippen molar-refractivity contribution in [2.75, 3.05) is 25.1 Å². The van der Waals surface area contributed by atoms with Gasteiger partial charge in [0.1, 0.15) is 5.82 Å². The minimum Gasteiger partial charge on any atom is -0.469 e. The first-order valence-corrected chi connectivity index (χ1v) is 5.73. The van der Waals surface area contributed by atoms with Crippen LogP contribution in [0.2, 0.25) is 0 Å². The fraction of sp³-hybridized carbons (Fsp3) is 0.500. The summed E-state index contributed by atoms with van der Waals surface area (Å²) >= 11 is 0. The van der Waals surface area contributed by atoms with E-state index in [1.807, 2.05) is 0 Å². The van der Waals surface area contributed by atoms with E-state index in [0.29, 0.717) is 6.54 Å². The first-order chi connectivity index (χ1) is 8.88. The van der Waals surface area contributed by atoms with E-state index in [2.05, 4.69) is 9.72 Å². The molecule has 0 aliphatic rings. The highest BCUT2D eigenvalue weighted by Gasteiger charge is 2.31. The number of methoxy groups -OCH3 is 1. The smallest absolute Gasteiger partial charge is 0.416 e. The topological polar surface area (TPSA) is 42.4 Å². The number of carbonyl (C=O) groups excluding carboxylic acids is 1. The number of esters is 1. The number of halogens is 3. The van der Waals surface area contributed by atoms with Gasteiger partial charge in [-0.25, -0.2) is 4.98 Å². The quantitative estimate of drug-likeness (QED) is 0.775. The van der Waals surface area contributed by atoms with Gasteiger partial charge >= 0.3 is 12.1 Å². The Morgan fingerprint density at radius 3 is 2.68 bits per heavy atom. The number of hydrogen-bond donors (Lipinski definition) is 0. The molecule has 19 heavy (non-hydrogen) atoms. The van der Waals surface area contributed by atoms with E-state index in [1.54, 1.807) is 11.8 Å². The molecule has 1 aromatic rings. The number of anilines is 1. The second-order valence-corrected chi connectivity index (χ2v) is 3.81. The SMILES string of the molecule is CCN(CCC(=O)OC)c1cc(C(F)(F)F)ccn1. The van der Waals surface area contributed by atoms with Gasteiger partial charge in [0.05, 0.1) is 19.1 Å². The third kappa shape index (κ3) is 4.42. The molecule has 4 nitrogen and oxygen atoms in total. The van der Waals surface area contributed by atoms with Crippen LogP contribution in [0.1, 0.15) is 18.9 Å². The molecule has 0 N–H and O–H groups in total. The van der Waals surface area contributed by atoms with E-state index in [9.17, 15) is 18.0 Å². The van der Waals surface area contributed by atoms with Gasteiger partial charge in [0.25, 0.3) is 0 Å². The molecular weight excluding hydrogens is 261 g/mol. The summed E-state index contributed by atoms with van der Waals surface area (Å²) in [6, 6.07) is 1.89. The molecule has 0 fully saturated rings. The zero-order valence-corrected chi connectivity index (χ0v) is 10.7. The Morgan fingerprint density at radius 1 is 1.47 bits per heavy atom. The molecule has 1 aromatic heterocycles. The minimum atomic E-state index is -4.40. The van der Waals surface area contributed by atoms with Crippen molar-refractivity contribution in [1.82, 2.24) is 4.98 Å². The number of rotatable bonds is 5. The maximum Gasteiger partial charge on any atom is 0.416 e. The summed E-state index contributed by atoms with van der Waals surface area (Å²) < 4.78 is 42.2. The van der Waals surface area contributed by atoms with Crippen molar-refractivity contribution in [3.05, 3.63) is 23.9 Å². The Labute approximate surface area is 109 Å². The van der Waals surface area contributed by atoms with Gasteiger partial charge in [0.2, 0.25) is 0 Å². The lowest BCUT2D eigenvalue weighted by atomic mass is 10.2. The molecule has 0 amide bonds. The standard InChI is InChI=1S/C12H15F3N2O2/c1-3-17(7-5-11(18)19-2)10-8-9(4-6-16-10)12(13,14)15/h4,6,8H,3,5,7H2,1-2H3. The summed E-state index contributed by atoms with van der Waals surface area (Å²) in [6.07, 6.45) is -3.19. The summed E-state index contributed by atoms with van der Waals surface area (Å²) in [6.45, 7) is 2.49. The lowest BCUT2D eigenvalue weighted by molar-refractivity contribution is -0.140. The highest BCUT2D eigenvalue weighted by atomic mass is 19.4. The summed E-state index contributed by atoms with van der Waals surface area (Å²) in [5.74, 6) is -0.216. The molecule has 0 saturated heterocycles. The normalized spacial score (nSPS) is 11.2. The largest absolute Gasteiger partial charge is 0.469 e.